The summed E-state index contributed by atoms with van der Waals surface area (Å²) in [5, 5.41) is 0. The van der Waals surface area contributed by atoms with Crippen LogP contribution in [0.1, 0.15) is 34.1 Å². The summed E-state index contributed by atoms with van der Waals surface area (Å²) in [6.45, 7) is 8.29. The average molecular weight is 131 g/mol. The SMILES string of the molecule is CC(C)CC(C)(C)ON. The summed E-state index contributed by atoms with van der Waals surface area (Å²) in [6.07, 6.45) is 1.00. The van der Waals surface area contributed by atoms with Gasteiger partial charge in [-0.2, -0.15) is 0 Å². The molecule has 56 valence electrons. The van der Waals surface area contributed by atoms with Crippen molar-refractivity contribution in [1.82, 2.24) is 0 Å². The molecule has 0 aromatic carbocycles. The van der Waals surface area contributed by atoms with Crippen LogP contribution in [0.25, 0.3) is 0 Å². The second kappa shape index (κ2) is 3.18. The van der Waals surface area contributed by atoms with Gasteiger partial charge in [-0.05, 0) is 26.2 Å². The van der Waals surface area contributed by atoms with Crippen LogP contribution in [0.15, 0.2) is 0 Å². The van der Waals surface area contributed by atoms with Crippen molar-refractivity contribution in [3.8, 4) is 0 Å². The largest absolute Gasteiger partial charge is 0.299 e. The first-order chi connectivity index (χ1) is 3.98. The standard InChI is InChI=1S/C7H17NO/c1-6(2)5-7(3,4)9-8/h6H,5,8H2,1-4H3. The zero-order valence-corrected chi connectivity index (χ0v) is 6.77. The molecule has 0 aliphatic rings. The molecule has 0 atom stereocenters. The summed E-state index contributed by atoms with van der Waals surface area (Å²) >= 11 is 0. The third-order valence-electron chi connectivity index (χ3n) is 1.22. The molecule has 2 nitrogen and oxygen atoms in total. The summed E-state index contributed by atoms with van der Waals surface area (Å²) in [5.74, 6) is 5.70. The molecule has 0 fully saturated rings. The van der Waals surface area contributed by atoms with Crippen molar-refractivity contribution in [2.24, 2.45) is 11.8 Å². The van der Waals surface area contributed by atoms with E-state index in [1.807, 2.05) is 13.8 Å². The van der Waals surface area contributed by atoms with Gasteiger partial charge in [-0.15, -0.1) is 0 Å². The van der Waals surface area contributed by atoms with Gasteiger partial charge in [0.05, 0.1) is 5.60 Å². The van der Waals surface area contributed by atoms with Crippen molar-refractivity contribution < 1.29 is 4.84 Å². The fourth-order valence-electron chi connectivity index (χ4n) is 1.03. The zero-order chi connectivity index (χ0) is 7.49. The number of hydrogen-bond acceptors (Lipinski definition) is 2. The molecule has 0 saturated carbocycles. The van der Waals surface area contributed by atoms with Crippen molar-refractivity contribution in [2.75, 3.05) is 0 Å². The van der Waals surface area contributed by atoms with Crippen molar-refractivity contribution in [3.05, 3.63) is 0 Å². The van der Waals surface area contributed by atoms with Gasteiger partial charge < -0.3 is 0 Å². The molecule has 9 heavy (non-hydrogen) atoms. The van der Waals surface area contributed by atoms with Crippen LogP contribution < -0.4 is 5.90 Å². The minimum atomic E-state index is -0.159. The minimum absolute atomic E-state index is 0.159. The lowest BCUT2D eigenvalue weighted by atomic mass is 9.96. The van der Waals surface area contributed by atoms with E-state index in [0.29, 0.717) is 5.92 Å². The molecule has 0 aromatic heterocycles. The van der Waals surface area contributed by atoms with Crippen LogP contribution >= 0.6 is 0 Å². The molecule has 0 unspecified atom stereocenters. The Morgan fingerprint density at radius 1 is 1.44 bits per heavy atom. The molecule has 2 heteroatoms. The molecule has 0 saturated heterocycles. The van der Waals surface area contributed by atoms with Gasteiger partial charge in [-0.1, -0.05) is 13.8 Å². The normalized spacial score (nSPS) is 12.7. The Balaban J connectivity index is 3.58. The molecular weight excluding hydrogens is 114 g/mol. The lowest BCUT2D eigenvalue weighted by molar-refractivity contribution is -0.0333. The fourth-order valence-corrected chi connectivity index (χ4v) is 1.03. The van der Waals surface area contributed by atoms with Crippen LogP contribution in [0.2, 0.25) is 0 Å². The van der Waals surface area contributed by atoms with Gasteiger partial charge in [0.15, 0.2) is 0 Å². The highest BCUT2D eigenvalue weighted by molar-refractivity contribution is 4.68. The second-order valence-electron chi connectivity index (χ2n) is 3.48. The topological polar surface area (TPSA) is 35.2 Å². The third kappa shape index (κ3) is 4.43. The quantitative estimate of drug-likeness (QED) is 0.592. The van der Waals surface area contributed by atoms with Crippen molar-refractivity contribution in [3.63, 3.8) is 0 Å². The lowest BCUT2D eigenvalue weighted by Gasteiger charge is -2.23. The van der Waals surface area contributed by atoms with Gasteiger partial charge in [-0.25, -0.2) is 5.90 Å². The molecule has 0 rings (SSSR count). The molecule has 0 spiro atoms. The molecule has 0 aromatic rings. The first-order valence-electron chi connectivity index (χ1n) is 3.36. The summed E-state index contributed by atoms with van der Waals surface area (Å²) in [5.41, 5.74) is -0.159. The van der Waals surface area contributed by atoms with E-state index >= 15 is 0 Å². The highest BCUT2D eigenvalue weighted by Crippen LogP contribution is 2.17. The van der Waals surface area contributed by atoms with Gasteiger partial charge in [0.25, 0.3) is 0 Å². The third-order valence-corrected chi connectivity index (χ3v) is 1.22. The molecule has 0 aliphatic heterocycles. The first kappa shape index (κ1) is 8.92. The van der Waals surface area contributed by atoms with Crippen LogP contribution in [0.4, 0.5) is 0 Å². The van der Waals surface area contributed by atoms with E-state index in [2.05, 4.69) is 13.8 Å². The van der Waals surface area contributed by atoms with E-state index in [1.165, 1.54) is 0 Å². The minimum Gasteiger partial charge on any atom is -0.299 e. The summed E-state index contributed by atoms with van der Waals surface area (Å²) in [7, 11) is 0. The highest BCUT2D eigenvalue weighted by atomic mass is 16.6. The van der Waals surface area contributed by atoms with Crippen LogP contribution in [0.3, 0.4) is 0 Å². The van der Waals surface area contributed by atoms with Crippen LogP contribution in [0, 0.1) is 5.92 Å². The Morgan fingerprint density at radius 2 is 1.89 bits per heavy atom. The van der Waals surface area contributed by atoms with E-state index in [4.69, 9.17) is 10.7 Å². The summed E-state index contributed by atoms with van der Waals surface area (Å²) in [6, 6.07) is 0. The summed E-state index contributed by atoms with van der Waals surface area (Å²) < 4.78 is 0. The van der Waals surface area contributed by atoms with Gasteiger partial charge in [-0.3, -0.25) is 4.84 Å². The Kier molecular flexibility index (Phi) is 3.15. The monoisotopic (exact) mass is 131 g/mol. The predicted octanol–water partition coefficient (Wildman–Crippen LogP) is 1.70. The molecule has 0 radical (unpaired) electrons. The van der Waals surface area contributed by atoms with E-state index < -0.39 is 0 Å². The van der Waals surface area contributed by atoms with Gasteiger partial charge in [0.2, 0.25) is 0 Å². The molecule has 0 heterocycles. The first-order valence-corrected chi connectivity index (χ1v) is 3.36. The maximum absolute atomic E-state index is 5.05. The van der Waals surface area contributed by atoms with E-state index in [0.717, 1.165) is 6.42 Å². The highest BCUT2D eigenvalue weighted by Gasteiger charge is 2.18. The number of rotatable bonds is 3. The van der Waals surface area contributed by atoms with Crippen molar-refractivity contribution in [1.29, 1.82) is 0 Å². The van der Waals surface area contributed by atoms with Crippen molar-refractivity contribution in [2.45, 2.75) is 39.7 Å². The van der Waals surface area contributed by atoms with Gasteiger partial charge >= 0.3 is 0 Å². The average Bonchev–Trinajstić information content (AvgIpc) is 1.63. The van der Waals surface area contributed by atoms with E-state index in [-0.39, 0.29) is 5.60 Å². The van der Waals surface area contributed by atoms with Crippen LogP contribution in [-0.4, -0.2) is 5.60 Å². The zero-order valence-electron chi connectivity index (χ0n) is 6.77. The molecule has 0 bridgehead atoms. The Morgan fingerprint density at radius 3 is 2.00 bits per heavy atom. The number of hydrogen-bond donors (Lipinski definition) is 1. The Bertz CT molecular complexity index is 79.0. The summed E-state index contributed by atoms with van der Waals surface area (Å²) in [4.78, 5) is 4.75. The number of nitrogens with two attached hydrogens (primary N) is 1. The second-order valence-corrected chi connectivity index (χ2v) is 3.48. The van der Waals surface area contributed by atoms with Crippen LogP contribution in [-0.2, 0) is 4.84 Å². The predicted molar refractivity (Wildman–Crippen MR) is 38.8 cm³/mol. The molecule has 0 aliphatic carbocycles. The molecule has 2 N–H and O–H groups in total. The maximum Gasteiger partial charge on any atom is 0.0840 e. The van der Waals surface area contributed by atoms with Gasteiger partial charge in [0, 0.05) is 0 Å². The fraction of sp³-hybridized carbons (Fsp3) is 1.00. The Hall–Kier alpha value is -0.0800. The molecule has 0 amide bonds. The van der Waals surface area contributed by atoms with E-state index in [1.54, 1.807) is 0 Å². The smallest absolute Gasteiger partial charge is 0.0840 e. The lowest BCUT2D eigenvalue weighted by Crippen LogP contribution is -2.29. The van der Waals surface area contributed by atoms with Crippen LogP contribution in [0.5, 0.6) is 0 Å². The Labute approximate surface area is 57.3 Å². The maximum atomic E-state index is 5.05. The van der Waals surface area contributed by atoms with Crippen molar-refractivity contribution >= 4 is 0 Å². The molecular formula is C7H17NO. The van der Waals surface area contributed by atoms with Gasteiger partial charge in [0.1, 0.15) is 0 Å². The van der Waals surface area contributed by atoms with E-state index in [9.17, 15) is 0 Å².